The van der Waals surface area contributed by atoms with E-state index >= 15 is 0 Å². The summed E-state index contributed by atoms with van der Waals surface area (Å²) in [6.07, 6.45) is 1.41. The summed E-state index contributed by atoms with van der Waals surface area (Å²) < 4.78 is 15.5. The highest BCUT2D eigenvalue weighted by atomic mass is 19.1. The zero-order valence-electron chi connectivity index (χ0n) is 16.3. The molecule has 0 radical (unpaired) electrons. The van der Waals surface area contributed by atoms with Gasteiger partial charge in [0, 0.05) is 18.5 Å². The molecule has 5 nitrogen and oxygen atoms in total. The van der Waals surface area contributed by atoms with Gasteiger partial charge in [-0.3, -0.25) is 4.79 Å². The van der Waals surface area contributed by atoms with Crippen LogP contribution >= 0.6 is 0 Å². The van der Waals surface area contributed by atoms with Gasteiger partial charge in [-0.2, -0.15) is 0 Å². The number of nitrogens with zero attached hydrogens (tertiary/aromatic N) is 3. The second-order valence-electron chi connectivity index (χ2n) is 6.86. The van der Waals surface area contributed by atoms with E-state index in [2.05, 4.69) is 27.5 Å². The Labute approximate surface area is 174 Å². The predicted octanol–water partition coefficient (Wildman–Crippen LogP) is 4.12. The van der Waals surface area contributed by atoms with E-state index in [1.165, 1.54) is 11.6 Å². The third kappa shape index (κ3) is 4.60. The van der Waals surface area contributed by atoms with Gasteiger partial charge in [-0.15, -0.1) is 5.10 Å². The fourth-order valence-electron chi connectivity index (χ4n) is 3.18. The zero-order chi connectivity index (χ0) is 20.8. The molecule has 1 N–H and O–H groups in total. The molecule has 0 aliphatic rings. The Balaban J connectivity index is 1.55. The SMILES string of the molecule is O=C(NCc1ccccc1F)c1nc(CCc2ccccc2)n(-c2ccccc2)n1. The first-order valence-electron chi connectivity index (χ1n) is 9.77. The smallest absolute Gasteiger partial charge is 0.291 e. The maximum Gasteiger partial charge on any atom is 0.291 e. The van der Waals surface area contributed by atoms with Gasteiger partial charge in [0.2, 0.25) is 5.82 Å². The number of nitrogens with one attached hydrogen (secondary N) is 1. The van der Waals surface area contributed by atoms with Crippen LogP contribution in [-0.2, 0) is 19.4 Å². The highest BCUT2D eigenvalue weighted by Crippen LogP contribution is 2.13. The lowest BCUT2D eigenvalue weighted by Crippen LogP contribution is -2.24. The molecule has 0 bridgehead atoms. The highest BCUT2D eigenvalue weighted by molar-refractivity contribution is 5.90. The molecule has 0 aliphatic carbocycles. The van der Waals surface area contributed by atoms with Crippen LogP contribution in [0.5, 0.6) is 0 Å². The molecule has 0 saturated heterocycles. The van der Waals surface area contributed by atoms with Crippen LogP contribution in [0.1, 0.15) is 27.6 Å². The quantitative estimate of drug-likeness (QED) is 0.508. The number of amides is 1. The van der Waals surface area contributed by atoms with Gasteiger partial charge in [-0.25, -0.2) is 14.1 Å². The molecule has 0 aliphatic heterocycles. The van der Waals surface area contributed by atoms with E-state index in [-0.39, 0.29) is 18.2 Å². The van der Waals surface area contributed by atoms with E-state index < -0.39 is 5.91 Å². The van der Waals surface area contributed by atoms with Gasteiger partial charge in [-0.1, -0.05) is 66.7 Å². The summed E-state index contributed by atoms with van der Waals surface area (Å²) in [5.74, 6) is -0.0302. The summed E-state index contributed by atoms with van der Waals surface area (Å²) >= 11 is 0. The van der Waals surface area contributed by atoms with Crippen molar-refractivity contribution in [3.05, 3.63) is 114 Å². The lowest BCUT2D eigenvalue weighted by Gasteiger charge is -2.05. The zero-order valence-corrected chi connectivity index (χ0v) is 16.3. The number of carbonyl (C=O) groups excluding carboxylic acids is 1. The Kier molecular flexibility index (Phi) is 5.94. The molecule has 6 heteroatoms. The van der Waals surface area contributed by atoms with Crippen molar-refractivity contribution in [2.45, 2.75) is 19.4 Å². The molecule has 4 aromatic rings. The molecule has 1 heterocycles. The lowest BCUT2D eigenvalue weighted by atomic mass is 10.1. The van der Waals surface area contributed by atoms with Crippen molar-refractivity contribution in [1.82, 2.24) is 20.1 Å². The second-order valence-corrected chi connectivity index (χ2v) is 6.86. The first kappa shape index (κ1) is 19.5. The summed E-state index contributed by atoms with van der Waals surface area (Å²) in [6.45, 7) is 0.0741. The predicted molar refractivity (Wildman–Crippen MR) is 113 cm³/mol. The molecule has 0 fully saturated rings. The van der Waals surface area contributed by atoms with Crippen LogP contribution in [0.2, 0.25) is 0 Å². The van der Waals surface area contributed by atoms with E-state index in [1.807, 2.05) is 48.5 Å². The van der Waals surface area contributed by atoms with Crippen molar-refractivity contribution in [3.63, 3.8) is 0 Å². The maximum absolute atomic E-state index is 13.8. The molecule has 1 aromatic heterocycles. The second kappa shape index (κ2) is 9.13. The van der Waals surface area contributed by atoms with E-state index in [9.17, 15) is 9.18 Å². The van der Waals surface area contributed by atoms with Gasteiger partial charge in [0.05, 0.1) is 5.69 Å². The fraction of sp³-hybridized carbons (Fsp3) is 0.125. The Bertz CT molecular complexity index is 1130. The Hall–Kier alpha value is -3.80. The molecule has 3 aromatic carbocycles. The number of carbonyl (C=O) groups is 1. The van der Waals surface area contributed by atoms with Crippen LogP contribution < -0.4 is 5.32 Å². The lowest BCUT2D eigenvalue weighted by molar-refractivity contribution is 0.0940. The normalized spacial score (nSPS) is 10.7. The number of rotatable bonds is 7. The van der Waals surface area contributed by atoms with E-state index in [0.717, 1.165) is 12.1 Å². The van der Waals surface area contributed by atoms with E-state index in [4.69, 9.17) is 0 Å². The Morgan fingerprint density at radius 3 is 2.27 bits per heavy atom. The topological polar surface area (TPSA) is 59.8 Å². The Morgan fingerprint density at radius 2 is 1.53 bits per heavy atom. The number of hydrogen-bond acceptors (Lipinski definition) is 3. The van der Waals surface area contributed by atoms with Crippen molar-refractivity contribution < 1.29 is 9.18 Å². The van der Waals surface area contributed by atoms with Crippen molar-refractivity contribution in [1.29, 1.82) is 0 Å². The largest absolute Gasteiger partial charge is 0.345 e. The number of aromatic nitrogens is 3. The minimum absolute atomic E-state index is 0.0678. The minimum Gasteiger partial charge on any atom is -0.345 e. The average molecular weight is 400 g/mol. The number of para-hydroxylation sites is 1. The van der Waals surface area contributed by atoms with Crippen LogP contribution in [0.3, 0.4) is 0 Å². The number of benzene rings is 3. The van der Waals surface area contributed by atoms with Crippen LogP contribution in [-0.4, -0.2) is 20.7 Å². The number of aryl methyl sites for hydroxylation is 2. The monoisotopic (exact) mass is 400 g/mol. The van der Waals surface area contributed by atoms with Gasteiger partial charge in [-0.05, 0) is 30.2 Å². The molecule has 1 amide bonds. The third-order valence-corrected chi connectivity index (χ3v) is 4.76. The third-order valence-electron chi connectivity index (χ3n) is 4.76. The summed E-state index contributed by atoms with van der Waals surface area (Å²) in [5, 5.41) is 7.13. The summed E-state index contributed by atoms with van der Waals surface area (Å²) in [4.78, 5) is 17.1. The summed E-state index contributed by atoms with van der Waals surface area (Å²) in [5.41, 5.74) is 2.43. The van der Waals surface area contributed by atoms with Gasteiger partial charge in [0.1, 0.15) is 11.6 Å². The molecule has 4 rings (SSSR count). The summed E-state index contributed by atoms with van der Waals surface area (Å²) in [6, 6.07) is 26.0. The molecule has 150 valence electrons. The Morgan fingerprint density at radius 1 is 0.867 bits per heavy atom. The molecule has 0 atom stereocenters. The van der Waals surface area contributed by atoms with Crippen LogP contribution in [0.4, 0.5) is 4.39 Å². The maximum atomic E-state index is 13.8. The first-order valence-corrected chi connectivity index (χ1v) is 9.77. The van der Waals surface area contributed by atoms with Crippen molar-refractivity contribution >= 4 is 5.91 Å². The van der Waals surface area contributed by atoms with Crippen molar-refractivity contribution in [3.8, 4) is 5.69 Å². The van der Waals surface area contributed by atoms with Crippen molar-refractivity contribution in [2.24, 2.45) is 0 Å². The highest BCUT2D eigenvalue weighted by Gasteiger charge is 2.17. The fourth-order valence-corrected chi connectivity index (χ4v) is 3.18. The molecular formula is C24H21FN4O. The molecule has 0 saturated carbocycles. The molecule has 0 unspecified atom stereocenters. The average Bonchev–Trinajstić information content (AvgIpc) is 3.23. The van der Waals surface area contributed by atoms with Crippen LogP contribution in [0.15, 0.2) is 84.9 Å². The number of hydrogen-bond donors (Lipinski definition) is 1. The summed E-state index contributed by atoms with van der Waals surface area (Å²) in [7, 11) is 0. The van der Waals surface area contributed by atoms with Gasteiger partial charge >= 0.3 is 0 Å². The standard InChI is InChI=1S/C24H21FN4O/c25-21-14-8-7-11-19(21)17-26-24(30)23-27-22(16-15-18-9-3-1-4-10-18)29(28-23)20-12-5-2-6-13-20/h1-14H,15-17H2,(H,26,30). The first-order chi connectivity index (χ1) is 14.7. The van der Waals surface area contributed by atoms with E-state index in [1.54, 1.807) is 22.9 Å². The molecular weight excluding hydrogens is 379 g/mol. The van der Waals surface area contributed by atoms with Gasteiger partial charge in [0.25, 0.3) is 5.91 Å². The van der Waals surface area contributed by atoms with Crippen LogP contribution in [0, 0.1) is 5.82 Å². The number of halogens is 1. The van der Waals surface area contributed by atoms with Gasteiger partial charge < -0.3 is 5.32 Å². The van der Waals surface area contributed by atoms with Crippen molar-refractivity contribution in [2.75, 3.05) is 0 Å². The van der Waals surface area contributed by atoms with E-state index in [0.29, 0.717) is 17.8 Å². The van der Waals surface area contributed by atoms with Crippen LogP contribution in [0.25, 0.3) is 5.69 Å². The molecule has 30 heavy (non-hydrogen) atoms. The molecule has 0 spiro atoms. The van der Waals surface area contributed by atoms with Gasteiger partial charge in [0.15, 0.2) is 0 Å². The minimum atomic E-state index is -0.436.